The molecule has 6 aliphatic rings. The second-order valence-electron chi connectivity index (χ2n) is 15.8. The second-order valence-corrected chi connectivity index (χ2v) is 15.8. The van der Waals surface area contributed by atoms with Gasteiger partial charge in [-0.25, -0.2) is 0 Å². The lowest BCUT2D eigenvalue weighted by atomic mass is 9.46. The van der Waals surface area contributed by atoms with Crippen molar-refractivity contribution in [1.29, 1.82) is 0 Å². The molecule has 5 fully saturated rings. The van der Waals surface area contributed by atoms with Gasteiger partial charge in [0.15, 0.2) is 5.79 Å². The molecule has 6 rings (SSSR count). The zero-order valence-electron chi connectivity index (χ0n) is 25.6. The maximum absolute atomic E-state index is 6.79. The van der Waals surface area contributed by atoms with Gasteiger partial charge in [-0.2, -0.15) is 0 Å². The van der Waals surface area contributed by atoms with Crippen LogP contribution in [0.2, 0.25) is 0 Å². The number of hydrogen-bond donors (Lipinski definition) is 0. The van der Waals surface area contributed by atoms with E-state index in [0.717, 1.165) is 61.5 Å². The molecule has 0 bridgehead atoms. The van der Waals surface area contributed by atoms with E-state index >= 15 is 0 Å². The monoisotopic (exact) mass is 525 g/mol. The topological polar surface area (TPSA) is 21.7 Å². The van der Waals surface area contributed by atoms with Gasteiger partial charge in [-0.15, -0.1) is 0 Å². The summed E-state index contributed by atoms with van der Waals surface area (Å²) in [4.78, 5) is 2.62. The Bertz CT molecular complexity index is 862. The third-order valence-electron chi connectivity index (χ3n) is 13.1. The molecule has 0 N–H and O–H groups in total. The number of piperidine rings is 1. The maximum atomic E-state index is 6.79. The third kappa shape index (κ3) is 4.98. The second kappa shape index (κ2) is 10.8. The first-order valence-corrected chi connectivity index (χ1v) is 17.0. The number of hydrogen-bond acceptors (Lipinski definition) is 3. The molecular formula is C35H59NO2. The van der Waals surface area contributed by atoms with Gasteiger partial charge in [0.1, 0.15) is 0 Å². The smallest absolute Gasteiger partial charge is 0.172 e. The maximum Gasteiger partial charge on any atom is 0.172 e. The summed E-state index contributed by atoms with van der Waals surface area (Å²) in [6, 6.07) is 0. The molecular weight excluding hydrogens is 466 g/mol. The Morgan fingerprint density at radius 1 is 0.947 bits per heavy atom. The van der Waals surface area contributed by atoms with E-state index in [0.29, 0.717) is 10.8 Å². The zero-order valence-corrected chi connectivity index (χ0v) is 25.6. The molecule has 38 heavy (non-hydrogen) atoms. The molecule has 2 aliphatic heterocycles. The number of nitrogens with zero attached hydrogens (tertiary/aromatic N) is 1. The highest BCUT2D eigenvalue weighted by Crippen LogP contribution is 2.68. The fraction of sp³-hybridized carbons (Fsp3) is 0.943. The quantitative estimate of drug-likeness (QED) is 0.311. The van der Waals surface area contributed by atoms with Crippen LogP contribution in [0, 0.1) is 46.3 Å². The van der Waals surface area contributed by atoms with Crippen molar-refractivity contribution in [3.63, 3.8) is 0 Å². The minimum absolute atomic E-state index is 0.266. The Kier molecular flexibility index (Phi) is 7.89. The van der Waals surface area contributed by atoms with Gasteiger partial charge in [-0.3, -0.25) is 0 Å². The third-order valence-corrected chi connectivity index (χ3v) is 13.1. The lowest BCUT2D eigenvalue weighted by Crippen LogP contribution is -2.52. The minimum Gasteiger partial charge on any atom is -0.347 e. The summed E-state index contributed by atoms with van der Waals surface area (Å²) < 4.78 is 13.3. The average molecular weight is 526 g/mol. The van der Waals surface area contributed by atoms with Crippen LogP contribution in [0.4, 0.5) is 0 Å². The van der Waals surface area contributed by atoms with Crippen molar-refractivity contribution in [2.45, 2.75) is 136 Å². The van der Waals surface area contributed by atoms with E-state index in [9.17, 15) is 0 Å². The Morgan fingerprint density at radius 3 is 2.55 bits per heavy atom. The van der Waals surface area contributed by atoms with Crippen LogP contribution in [0.5, 0.6) is 0 Å². The van der Waals surface area contributed by atoms with Gasteiger partial charge in [-0.1, -0.05) is 72.0 Å². The molecule has 2 saturated heterocycles. The number of ether oxygens (including phenoxy) is 2. The molecule has 3 heteroatoms. The van der Waals surface area contributed by atoms with Gasteiger partial charge < -0.3 is 14.4 Å². The fourth-order valence-corrected chi connectivity index (χ4v) is 11.0. The van der Waals surface area contributed by atoms with Crippen LogP contribution in [0.25, 0.3) is 0 Å². The van der Waals surface area contributed by atoms with E-state index in [1.165, 1.54) is 90.1 Å². The Morgan fingerprint density at radius 2 is 1.76 bits per heavy atom. The van der Waals surface area contributed by atoms with Gasteiger partial charge in [0.25, 0.3) is 0 Å². The largest absolute Gasteiger partial charge is 0.347 e. The van der Waals surface area contributed by atoms with E-state index in [1.54, 1.807) is 5.57 Å². The molecule has 0 aromatic heterocycles. The molecule has 2 heterocycles. The van der Waals surface area contributed by atoms with Crippen LogP contribution < -0.4 is 0 Å². The van der Waals surface area contributed by atoms with Crippen molar-refractivity contribution in [3.05, 3.63) is 11.6 Å². The summed E-state index contributed by atoms with van der Waals surface area (Å²) in [5.41, 5.74) is 2.65. The van der Waals surface area contributed by atoms with Gasteiger partial charge >= 0.3 is 0 Å². The van der Waals surface area contributed by atoms with Crippen molar-refractivity contribution in [3.8, 4) is 0 Å². The SMILES string of the molecule is CC(C)CCC[C@@H](C)[C@H]1CC[C@H]2[C@@H]3CC=C4CC5(CC[C@]4(C)[C@H]3CC[C@]12C)OCC(CN1CCCCC1)O5. The molecule has 3 nitrogen and oxygen atoms in total. The van der Waals surface area contributed by atoms with Crippen molar-refractivity contribution in [2.75, 3.05) is 26.2 Å². The Balaban J connectivity index is 1.11. The predicted molar refractivity (Wildman–Crippen MR) is 157 cm³/mol. The zero-order chi connectivity index (χ0) is 26.5. The molecule has 0 aromatic rings. The highest BCUT2D eigenvalue weighted by atomic mass is 16.7. The van der Waals surface area contributed by atoms with Crippen LogP contribution in [0.15, 0.2) is 11.6 Å². The summed E-state index contributed by atoms with van der Waals surface area (Å²) in [5, 5.41) is 0. The highest BCUT2D eigenvalue weighted by Gasteiger charge is 2.61. The molecule has 4 aliphatic carbocycles. The lowest BCUT2D eigenvalue weighted by Gasteiger charge is -2.59. The van der Waals surface area contributed by atoms with Gasteiger partial charge in [0, 0.05) is 19.4 Å². The summed E-state index contributed by atoms with van der Waals surface area (Å²) in [6.45, 7) is 17.1. The van der Waals surface area contributed by atoms with Crippen LogP contribution >= 0.6 is 0 Å². The fourth-order valence-electron chi connectivity index (χ4n) is 11.0. The molecule has 2 unspecified atom stereocenters. The molecule has 1 spiro atoms. The molecule has 3 saturated carbocycles. The molecule has 216 valence electrons. The molecule has 0 amide bonds. The number of rotatable bonds is 7. The molecule has 9 atom stereocenters. The first kappa shape index (κ1) is 27.8. The minimum atomic E-state index is -0.328. The Hall–Kier alpha value is -0.380. The van der Waals surface area contributed by atoms with Crippen molar-refractivity contribution >= 4 is 0 Å². The number of likely N-dealkylation sites (tertiary alicyclic amines) is 1. The van der Waals surface area contributed by atoms with Crippen LogP contribution in [0.1, 0.15) is 125 Å². The average Bonchev–Trinajstić information content (AvgIpc) is 3.45. The van der Waals surface area contributed by atoms with Crippen LogP contribution in [-0.2, 0) is 9.47 Å². The number of fused-ring (bicyclic) bond motifs is 5. The van der Waals surface area contributed by atoms with Crippen molar-refractivity contribution in [2.24, 2.45) is 46.3 Å². The van der Waals surface area contributed by atoms with E-state index in [2.05, 4.69) is 45.6 Å². The van der Waals surface area contributed by atoms with E-state index in [1.807, 2.05) is 0 Å². The number of allylic oxidation sites excluding steroid dienone is 1. The first-order valence-electron chi connectivity index (χ1n) is 17.0. The summed E-state index contributed by atoms with van der Waals surface area (Å²) in [6.07, 6.45) is 22.0. The Labute approximate surface area is 234 Å². The molecule has 0 aromatic carbocycles. The van der Waals surface area contributed by atoms with Gasteiger partial charge in [-0.05, 0) is 111 Å². The van der Waals surface area contributed by atoms with E-state index < -0.39 is 0 Å². The van der Waals surface area contributed by atoms with Gasteiger partial charge in [0.05, 0.1) is 12.7 Å². The summed E-state index contributed by atoms with van der Waals surface area (Å²) in [7, 11) is 0. The standard InChI is InChI=1S/C35H59NO2/c1-25(2)10-9-11-26(3)30-14-15-31-29-13-12-27-22-35(19-18-33(27,4)32(29)16-17-34(30,31)5)37-24-28(38-35)23-36-20-7-6-8-21-36/h12,25-26,28-32H,6-11,13-24H2,1-5H3/t26-,28?,29+,30-,31+,32+,33+,34-,35?/m1/s1. The first-order chi connectivity index (χ1) is 18.2. The van der Waals surface area contributed by atoms with E-state index in [4.69, 9.17) is 9.47 Å². The normalized spacial score (nSPS) is 46.1. The molecule has 0 radical (unpaired) electrons. The lowest BCUT2D eigenvalue weighted by molar-refractivity contribution is -0.195. The van der Waals surface area contributed by atoms with Crippen LogP contribution in [-0.4, -0.2) is 43.0 Å². The highest BCUT2D eigenvalue weighted by molar-refractivity contribution is 5.27. The van der Waals surface area contributed by atoms with Gasteiger partial charge in [0.2, 0.25) is 0 Å². The summed E-state index contributed by atoms with van der Waals surface area (Å²) in [5.74, 6) is 5.09. The van der Waals surface area contributed by atoms with Crippen molar-refractivity contribution in [1.82, 2.24) is 4.90 Å². The van der Waals surface area contributed by atoms with E-state index in [-0.39, 0.29) is 11.9 Å². The van der Waals surface area contributed by atoms with Crippen molar-refractivity contribution < 1.29 is 9.47 Å². The summed E-state index contributed by atoms with van der Waals surface area (Å²) >= 11 is 0. The predicted octanol–water partition coefficient (Wildman–Crippen LogP) is 8.63. The van der Waals surface area contributed by atoms with Crippen LogP contribution in [0.3, 0.4) is 0 Å².